The first-order valence-electron chi connectivity index (χ1n) is 8.37. The number of hydrogen-bond donors (Lipinski definition) is 2. The average molecular weight is 345 g/mol. The van der Waals surface area contributed by atoms with E-state index in [0.29, 0.717) is 18.4 Å². The van der Waals surface area contributed by atoms with Crippen LogP contribution in [0.5, 0.6) is 0 Å². The standard InChI is InChI=1S/C20H24N2O.ClH/c1-15-14-21-12-11-19(15)22-20(23)13-16-7-9-18(10-8-16)17-5-3-2-4-6-17;/h2-10,15,19,21H,11-14H2,1H3,(H,22,23);1H. The Bertz CT molecular complexity index is 642. The van der Waals surface area contributed by atoms with E-state index in [0.717, 1.165) is 25.1 Å². The molecule has 2 atom stereocenters. The van der Waals surface area contributed by atoms with Crippen LogP contribution in [0.15, 0.2) is 54.6 Å². The summed E-state index contributed by atoms with van der Waals surface area (Å²) >= 11 is 0. The van der Waals surface area contributed by atoms with Crippen LogP contribution in [0.2, 0.25) is 0 Å². The molecular weight excluding hydrogens is 320 g/mol. The Kier molecular flexibility index (Phi) is 6.83. The van der Waals surface area contributed by atoms with Crippen molar-refractivity contribution >= 4 is 18.3 Å². The molecule has 3 rings (SSSR count). The van der Waals surface area contributed by atoms with E-state index in [1.807, 2.05) is 30.3 Å². The summed E-state index contributed by atoms with van der Waals surface area (Å²) in [5.41, 5.74) is 3.44. The minimum Gasteiger partial charge on any atom is -0.353 e. The number of benzene rings is 2. The number of nitrogens with one attached hydrogen (secondary N) is 2. The molecule has 2 aromatic rings. The molecule has 0 aromatic heterocycles. The zero-order chi connectivity index (χ0) is 16.1. The lowest BCUT2D eigenvalue weighted by Gasteiger charge is -2.30. The smallest absolute Gasteiger partial charge is 0.224 e. The van der Waals surface area contributed by atoms with Crippen LogP contribution in [-0.4, -0.2) is 25.0 Å². The Morgan fingerprint density at radius 2 is 1.75 bits per heavy atom. The molecule has 0 radical (unpaired) electrons. The van der Waals surface area contributed by atoms with Gasteiger partial charge in [-0.3, -0.25) is 4.79 Å². The predicted molar refractivity (Wildman–Crippen MR) is 101 cm³/mol. The molecular formula is C20H25ClN2O. The molecule has 1 heterocycles. The number of amides is 1. The number of carbonyl (C=O) groups excluding carboxylic acids is 1. The molecule has 128 valence electrons. The summed E-state index contributed by atoms with van der Waals surface area (Å²) in [6, 6.07) is 18.9. The van der Waals surface area contributed by atoms with Crippen molar-refractivity contribution in [1.82, 2.24) is 10.6 Å². The van der Waals surface area contributed by atoms with E-state index in [2.05, 4.69) is 41.8 Å². The lowest BCUT2D eigenvalue weighted by atomic mass is 9.95. The second kappa shape index (κ2) is 8.86. The molecule has 1 saturated heterocycles. The average Bonchev–Trinajstić information content (AvgIpc) is 2.58. The number of piperidine rings is 1. The fourth-order valence-electron chi connectivity index (χ4n) is 3.12. The van der Waals surface area contributed by atoms with E-state index in [4.69, 9.17) is 0 Å². The molecule has 0 bridgehead atoms. The maximum absolute atomic E-state index is 12.2. The van der Waals surface area contributed by atoms with Gasteiger partial charge in [0, 0.05) is 6.04 Å². The first kappa shape index (κ1) is 18.5. The van der Waals surface area contributed by atoms with Crippen LogP contribution in [0.4, 0.5) is 0 Å². The third-order valence-corrected chi connectivity index (χ3v) is 4.56. The van der Waals surface area contributed by atoms with Crippen molar-refractivity contribution in [2.75, 3.05) is 13.1 Å². The van der Waals surface area contributed by atoms with Crippen molar-refractivity contribution in [2.45, 2.75) is 25.8 Å². The number of rotatable bonds is 4. The third-order valence-electron chi connectivity index (χ3n) is 4.56. The fraction of sp³-hybridized carbons (Fsp3) is 0.350. The quantitative estimate of drug-likeness (QED) is 0.892. The highest BCUT2D eigenvalue weighted by Gasteiger charge is 2.22. The summed E-state index contributed by atoms with van der Waals surface area (Å²) in [4.78, 5) is 12.2. The zero-order valence-corrected chi connectivity index (χ0v) is 14.8. The van der Waals surface area contributed by atoms with Gasteiger partial charge in [-0.1, -0.05) is 61.5 Å². The van der Waals surface area contributed by atoms with E-state index in [9.17, 15) is 4.79 Å². The normalized spacial score (nSPS) is 20.0. The SMILES string of the molecule is CC1CNCCC1NC(=O)Cc1ccc(-c2ccccc2)cc1.Cl. The van der Waals surface area contributed by atoms with E-state index in [1.54, 1.807) is 0 Å². The molecule has 3 nitrogen and oxygen atoms in total. The predicted octanol–water partition coefficient (Wildman–Crippen LogP) is 3.43. The Balaban J connectivity index is 0.00000208. The molecule has 2 N–H and O–H groups in total. The van der Waals surface area contributed by atoms with Crippen molar-refractivity contribution in [1.29, 1.82) is 0 Å². The first-order valence-corrected chi connectivity index (χ1v) is 8.37. The molecule has 1 aliphatic rings. The molecule has 2 aromatic carbocycles. The molecule has 4 heteroatoms. The Labute approximate surface area is 150 Å². The summed E-state index contributed by atoms with van der Waals surface area (Å²) in [6.07, 6.45) is 1.46. The van der Waals surface area contributed by atoms with Gasteiger partial charge in [-0.15, -0.1) is 12.4 Å². The topological polar surface area (TPSA) is 41.1 Å². The molecule has 0 saturated carbocycles. The van der Waals surface area contributed by atoms with E-state index in [1.165, 1.54) is 11.1 Å². The highest BCUT2D eigenvalue weighted by Crippen LogP contribution is 2.19. The summed E-state index contributed by atoms with van der Waals surface area (Å²) in [6.45, 7) is 4.16. The highest BCUT2D eigenvalue weighted by atomic mass is 35.5. The van der Waals surface area contributed by atoms with Gasteiger partial charge < -0.3 is 10.6 Å². The van der Waals surface area contributed by atoms with Gasteiger partial charge in [-0.25, -0.2) is 0 Å². The van der Waals surface area contributed by atoms with Gasteiger partial charge in [0.25, 0.3) is 0 Å². The van der Waals surface area contributed by atoms with Crippen molar-refractivity contribution in [3.05, 3.63) is 60.2 Å². The molecule has 1 amide bonds. The van der Waals surface area contributed by atoms with Gasteiger partial charge in [-0.05, 0) is 42.1 Å². The van der Waals surface area contributed by atoms with Crippen molar-refractivity contribution in [3.8, 4) is 11.1 Å². The lowest BCUT2D eigenvalue weighted by molar-refractivity contribution is -0.121. The first-order chi connectivity index (χ1) is 11.2. The van der Waals surface area contributed by atoms with Crippen LogP contribution in [0.3, 0.4) is 0 Å². The molecule has 24 heavy (non-hydrogen) atoms. The Morgan fingerprint density at radius 3 is 2.42 bits per heavy atom. The monoisotopic (exact) mass is 344 g/mol. The van der Waals surface area contributed by atoms with Crippen LogP contribution in [0.25, 0.3) is 11.1 Å². The summed E-state index contributed by atoms with van der Waals surface area (Å²) in [5.74, 6) is 0.615. The Hall–Kier alpha value is -1.84. The van der Waals surface area contributed by atoms with Gasteiger partial charge in [-0.2, -0.15) is 0 Å². The highest BCUT2D eigenvalue weighted by molar-refractivity contribution is 5.85. The summed E-state index contributed by atoms with van der Waals surface area (Å²) < 4.78 is 0. The Morgan fingerprint density at radius 1 is 1.08 bits per heavy atom. The molecule has 2 unspecified atom stereocenters. The zero-order valence-electron chi connectivity index (χ0n) is 14.0. The summed E-state index contributed by atoms with van der Waals surface area (Å²) in [7, 11) is 0. The van der Waals surface area contributed by atoms with Gasteiger partial charge in [0.05, 0.1) is 6.42 Å². The number of halogens is 1. The van der Waals surface area contributed by atoms with Crippen LogP contribution >= 0.6 is 12.4 Å². The van der Waals surface area contributed by atoms with Crippen LogP contribution in [-0.2, 0) is 11.2 Å². The van der Waals surface area contributed by atoms with E-state index in [-0.39, 0.29) is 18.3 Å². The molecule has 1 aliphatic heterocycles. The van der Waals surface area contributed by atoms with E-state index < -0.39 is 0 Å². The largest absolute Gasteiger partial charge is 0.353 e. The summed E-state index contributed by atoms with van der Waals surface area (Å²) in [5, 5.41) is 6.54. The second-order valence-electron chi connectivity index (χ2n) is 6.38. The number of hydrogen-bond acceptors (Lipinski definition) is 2. The maximum atomic E-state index is 12.2. The fourth-order valence-corrected chi connectivity index (χ4v) is 3.12. The van der Waals surface area contributed by atoms with Gasteiger partial charge in [0.2, 0.25) is 5.91 Å². The number of carbonyl (C=O) groups is 1. The molecule has 0 aliphatic carbocycles. The van der Waals surface area contributed by atoms with Crippen LogP contribution in [0, 0.1) is 5.92 Å². The van der Waals surface area contributed by atoms with Gasteiger partial charge in [0.1, 0.15) is 0 Å². The van der Waals surface area contributed by atoms with Crippen LogP contribution < -0.4 is 10.6 Å². The van der Waals surface area contributed by atoms with Gasteiger partial charge >= 0.3 is 0 Å². The third kappa shape index (κ3) is 4.83. The van der Waals surface area contributed by atoms with Crippen molar-refractivity contribution in [2.24, 2.45) is 5.92 Å². The maximum Gasteiger partial charge on any atom is 0.224 e. The molecule has 1 fully saturated rings. The lowest BCUT2D eigenvalue weighted by Crippen LogP contribution is -2.48. The molecule has 0 spiro atoms. The second-order valence-corrected chi connectivity index (χ2v) is 6.38. The van der Waals surface area contributed by atoms with Crippen molar-refractivity contribution < 1.29 is 4.79 Å². The van der Waals surface area contributed by atoms with Crippen LogP contribution in [0.1, 0.15) is 18.9 Å². The minimum absolute atomic E-state index is 0. The van der Waals surface area contributed by atoms with Crippen molar-refractivity contribution in [3.63, 3.8) is 0 Å². The van der Waals surface area contributed by atoms with E-state index >= 15 is 0 Å². The minimum atomic E-state index is 0. The van der Waals surface area contributed by atoms with Gasteiger partial charge in [0.15, 0.2) is 0 Å².